The molecule has 1 saturated heterocycles. The summed E-state index contributed by atoms with van der Waals surface area (Å²) in [7, 11) is 3.12. The highest BCUT2D eigenvalue weighted by atomic mass is 16.5. The molecule has 0 bridgehead atoms. The van der Waals surface area contributed by atoms with Crippen molar-refractivity contribution in [3.05, 3.63) is 59.7 Å². The topological polar surface area (TPSA) is 59.1 Å². The van der Waals surface area contributed by atoms with Crippen molar-refractivity contribution in [3.8, 4) is 11.5 Å². The van der Waals surface area contributed by atoms with Crippen LogP contribution in [-0.4, -0.2) is 62.0 Å². The number of rotatable bonds is 5. The Morgan fingerprint density at radius 2 is 1.59 bits per heavy atom. The molecule has 1 aliphatic carbocycles. The Kier molecular flexibility index (Phi) is 5.43. The summed E-state index contributed by atoms with van der Waals surface area (Å²) in [5.41, 5.74) is 1.76. The minimum absolute atomic E-state index is 0.0785. The molecule has 0 radical (unpaired) electrons. The van der Waals surface area contributed by atoms with Crippen LogP contribution < -0.4 is 9.47 Å². The van der Waals surface area contributed by atoms with E-state index in [1.807, 2.05) is 23.1 Å². The van der Waals surface area contributed by atoms with Gasteiger partial charge in [-0.2, -0.15) is 0 Å². The summed E-state index contributed by atoms with van der Waals surface area (Å²) in [5, 5.41) is 0. The Balaban J connectivity index is 1.35. The van der Waals surface area contributed by atoms with Gasteiger partial charge < -0.3 is 19.3 Å². The lowest BCUT2D eigenvalue weighted by Gasteiger charge is -2.35. The van der Waals surface area contributed by atoms with Gasteiger partial charge in [0.2, 0.25) is 5.91 Å². The fourth-order valence-corrected chi connectivity index (χ4v) is 4.05. The Morgan fingerprint density at radius 1 is 0.897 bits per heavy atom. The molecule has 0 spiro atoms. The van der Waals surface area contributed by atoms with Crippen LogP contribution in [0, 0.1) is 5.92 Å². The molecule has 2 amide bonds. The zero-order chi connectivity index (χ0) is 20.4. The van der Waals surface area contributed by atoms with Crippen molar-refractivity contribution < 1.29 is 19.1 Å². The second-order valence-corrected chi connectivity index (χ2v) is 7.54. The number of amides is 2. The number of piperazine rings is 1. The molecule has 0 N–H and O–H groups in total. The van der Waals surface area contributed by atoms with Crippen molar-refractivity contribution in [1.82, 2.24) is 9.80 Å². The van der Waals surface area contributed by atoms with Crippen LogP contribution in [0.3, 0.4) is 0 Å². The van der Waals surface area contributed by atoms with Gasteiger partial charge in [0, 0.05) is 38.2 Å². The molecule has 1 saturated carbocycles. The van der Waals surface area contributed by atoms with E-state index in [9.17, 15) is 9.59 Å². The highest BCUT2D eigenvalue weighted by Gasteiger charge is 2.46. The highest BCUT2D eigenvalue weighted by molar-refractivity contribution is 5.97. The fourth-order valence-electron chi connectivity index (χ4n) is 4.05. The van der Waals surface area contributed by atoms with Crippen LogP contribution in [0.5, 0.6) is 11.5 Å². The van der Waals surface area contributed by atoms with E-state index in [-0.39, 0.29) is 17.7 Å². The summed E-state index contributed by atoms with van der Waals surface area (Å²) in [5.74, 6) is 1.70. The number of carbonyl (C=O) groups excluding carboxylic acids is 2. The third-order valence-corrected chi connectivity index (χ3v) is 5.85. The number of methoxy groups -OCH3 is 2. The molecular formula is C23H26N2O4. The number of nitrogens with zero attached hydrogens (tertiary/aromatic N) is 2. The smallest absolute Gasteiger partial charge is 0.257 e. The van der Waals surface area contributed by atoms with Crippen LogP contribution in [0.4, 0.5) is 0 Å². The largest absolute Gasteiger partial charge is 0.497 e. The SMILES string of the molecule is COc1ccc(C(=O)N2CCN(C(=O)C3CC3c3ccccc3)CC2)c(OC)c1. The number of hydrogen-bond acceptors (Lipinski definition) is 4. The molecule has 29 heavy (non-hydrogen) atoms. The maximum atomic E-state index is 12.9. The molecule has 2 fully saturated rings. The van der Waals surface area contributed by atoms with Crippen LogP contribution in [-0.2, 0) is 4.79 Å². The molecule has 152 valence electrons. The molecule has 6 heteroatoms. The monoisotopic (exact) mass is 394 g/mol. The average Bonchev–Trinajstić information content (AvgIpc) is 3.59. The molecule has 2 unspecified atom stereocenters. The van der Waals surface area contributed by atoms with Crippen molar-refractivity contribution >= 4 is 11.8 Å². The van der Waals surface area contributed by atoms with Crippen LogP contribution in [0.1, 0.15) is 28.3 Å². The van der Waals surface area contributed by atoms with Crippen LogP contribution >= 0.6 is 0 Å². The van der Waals surface area contributed by atoms with E-state index in [4.69, 9.17) is 9.47 Å². The minimum Gasteiger partial charge on any atom is -0.497 e. The maximum Gasteiger partial charge on any atom is 0.257 e. The molecule has 4 rings (SSSR count). The molecule has 0 aromatic heterocycles. The number of ether oxygens (including phenoxy) is 2. The lowest BCUT2D eigenvalue weighted by Crippen LogP contribution is -2.51. The van der Waals surface area contributed by atoms with Gasteiger partial charge in [-0.05, 0) is 30.0 Å². The summed E-state index contributed by atoms with van der Waals surface area (Å²) < 4.78 is 10.6. The predicted molar refractivity (Wildman–Crippen MR) is 109 cm³/mol. The summed E-state index contributed by atoms with van der Waals surface area (Å²) >= 11 is 0. The lowest BCUT2D eigenvalue weighted by molar-refractivity contribution is -0.134. The average molecular weight is 394 g/mol. The van der Waals surface area contributed by atoms with E-state index < -0.39 is 0 Å². The quantitative estimate of drug-likeness (QED) is 0.783. The maximum absolute atomic E-state index is 12.9. The van der Waals surface area contributed by atoms with E-state index in [1.165, 1.54) is 5.56 Å². The second kappa shape index (κ2) is 8.15. The van der Waals surface area contributed by atoms with Crippen molar-refractivity contribution in [2.75, 3.05) is 40.4 Å². The standard InChI is InChI=1S/C23H26N2O4/c1-28-17-8-9-18(21(14-17)29-2)22(26)24-10-12-25(13-11-24)23(27)20-15-19(20)16-6-4-3-5-7-16/h3-9,14,19-20H,10-13,15H2,1-2H3. The van der Waals surface area contributed by atoms with E-state index in [0.717, 1.165) is 6.42 Å². The van der Waals surface area contributed by atoms with E-state index >= 15 is 0 Å². The Bertz CT molecular complexity index is 891. The van der Waals surface area contributed by atoms with Gasteiger partial charge in [0.15, 0.2) is 0 Å². The second-order valence-electron chi connectivity index (χ2n) is 7.54. The van der Waals surface area contributed by atoms with Crippen LogP contribution in [0.25, 0.3) is 0 Å². The molecule has 2 aromatic rings. The van der Waals surface area contributed by atoms with Gasteiger partial charge in [-0.15, -0.1) is 0 Å². The zero-order valence-electron chi connectivity index (χ0n) is 16.8. The van der Waals surface area contributed by atoms with Crippen LogP contribution in [0.2, 0.25) is 0 Å². The van der Waals surface area contributed by atoms with E-state index in [0.29, 0.717) is 49.2 Å². The van der Waals surface area contributed by atoms with Crippen molar-refractivity contribution in [1.29, 1.82) is 0 Å². The van der Waals surface area contributed by atoms with Gasteiger partial charge >= 0.3 is 0 Å². The molecule has 2 atom stereocenters. The van der Waals surface area contributed by atoms with Crippen molar-refractivity contribution in [2.45, 2.75) is 12.3 Å². The fraction of sp³-hybridized carbons (Fsp3) is 0.391. The first-order valence-corrected chi connectivity index (χ1v) is 9.97. The van der Waals surface area contributed by atoms with Gasteiger partial charge in [-0.25, -0.2) is 0 Å². The first kappa shape index (κ1) is 19.3. The molecular weight excluding hydrogens is 368 g/mol. The van der Waals surface area contributed by atoms with Crippen molar-refractivity contribution in [2.24, 2.45) is 5.92 Å². The summed E-state index contributed by atoms with van der Waals surface area (Å²) in [6, 6.07) is 15.4. The summed E-state index contributed by atoms with van der Waals surface area (Å²) in [6.07, 6.45) is 0.922. The predicted octanol–water partition coefficient (Wildman–Crippen LogP) is 2.79. The highest BCUT2D eigenvalue weighted by Crippen LogP contribution is 2.48. The van der Waals surface area contributed by atoms with E-state index in [2.05, 4.69) is 12.1 Å². The van der Waals surface area contributed by atoms with Crippen molar-refractivity contribution in [3.63, 3.8) is 0 Å². The third-order valence-electron chi connectivity index (χ3n) is 5.85. The summed E-state index contributed by atoms with van der Waals surface area (Å²) in [4.78, 5) is 29.5. The van der Waals surface area contributed by atoms with Gasteiger partial charge in [-0.3, -0.25) is 9.59 Å². The van der Waals surface area contributed by atoms with E-state index in [1.54, 1.807) is 37.3 Å². The van der Waals surface area contributed by atoms with Gasteiger partial charge in [0.05, 0.1) is 19.8 Å². The van der Waals surface area contributed by atoms with Gasteiger partial charge in [0.25, 0.3) is 5.91 Å². The molecule has 1 heterocycles. The molecule has 6 nitrogen and oxygen atoms in total. The normalized spacial score (nSPS) is 20.9. The van der Waals surface area contributed by atoms with Gasteiger partial charge in [-0.1, -0.05) is 30.3 Å². The lowest BCUT2D eigenvalue weighted by atomic mass is 10.1. The third kappa shape index (κ3) is 3.92. The first-order valence-electron chi connectivity index (χ1n) is 9.97. The minimum atomic E-state index is -0.0785. The van der Waals surface area contributed by atoms with Gasteiger partial charge in [0.1, 0.15) is 11.5 Å². The number of hydrogen-bond donors (Lipinski definition) is 0. The molecule has 2 aromatic carbocycles. The zero-order valence-corrected chi connectivity index (χ0v) is 16.8. The Labute approximate surface area is 171 Å². The first-order chi connectivity index (χ1) is 14.1. The molecule has 1 aliphatic heterocycles. The molecule has 2 aliphatic rings. The number of carbonyl (C=O) groups is 2. The Hall–Kier alpha value is -3.02. The Morgan fingerprint density at radius 3 is 2.24 bits per heavy atom. The van der Waals surface area contributed by atoms with Crippen LogP contribution in [0.15, 0.2) is 48.5 Å². The number of benzene rings is 2. The summed E-state index contributed by atoms with van der Waals surface area (Å²) in [6.45, 7) is 2.20.